The van der Waals surface area contributed by atoms with Crippen LogP contribution in [-0.2, 0) is 14.8 Å². The first-order valence-corrected chi connectivity index (χ1v) is 14.7. The van der Waals surface area contributed by atoms with E-state index >= 15 is 0 Å². The number of aliphatic hydroxyl groups is 1. The van der Waals surface area contributed by atoms with E-state index in [1.54, 1.807) is 35.0 Å². The molecule has 2 aromatic rings. The summed E-state index contributed by atoms with van der Waals surface area (Å²) in [7, 11) is -3.30. The van der Waals surface area contributed by atoms with Gasteiger partial charge in [0.1, 0.15) is 5.65 Å². The van der Waals surface area contributed by atoms with E-state index in [4.69, 9.17) is 9.72 Å². The number of hydrogen-bond acceptors (Lipinski definition) is 8. The van der Waals surface area contributed by atoms with Crippen LogP contribution in [0.2, 0.25) is 0 Å². The Hall–Kier alpha value is -2.08. The number of nitrogens with zero attached hydrogens (tertiary/aromatic N) is 4. The fourth-order valence-corrected chi connectivity index (χ4v) is 7.48. The molecule has 10 nitrogen and oxygen atoms in total. The minimum absolute atomic E-state index is 0.0345. The second kappa shape index (κ2) is 10.00. The van der Waals surface area contributed by atoms with Gasteiger partial charge in [0.25, 0.3) is 5.56 Å². The van der Waals surface area contributed by atoms with E-state index in [2.05, 4.69) is 10.3 Å². The number of fused-ring (bicyclic) bond motifs is 1. The summed E-state index contributed by atoms with van der Waals surface area (Å²) in [6.07, 6.45) is 7.80. The van der Waals surface area contributed by atoms with Gasteiger partial charge >= 0.3 is 0 Å². The van der Waals surface area contributed by atoms with Gasteiger partial charge in [-0.3, -0.25) is 9.36 Å². The van der Waals surface area contributed by atoms with Crippen LogP contribution < -0.4 is 10.9 Å². The molecule has 5 rings (SSSR count). The molecule has 3 aliphatic rings. The molecule has 1 saturated carbocycles. The first-order chi connectivity index (χ1) is 17.1. The third-order valence-electron chi connectivity index (χ3n) is 8.04. The molecule has 11 heteroatoms. The van der Waals surface area contributed by atoms with E-state index in [-0.39, 0.29) is 29.5 Å². The van der Waals surface area contributed by atoms with Crippen LogP contribution in [0.25, 0.3) is 11.0 Å². The molecule has 0 radical (unpaired) electrons. The highest BCUT2D eigenvalue weighted by Gasteiger charge is 2.39. The van der Waals surface area contributed by atoms with Crippen LogP contribution in [0, 0.1) is 6.92 Å². The Morgan fingerprint density at radius 2 is 2.00 bits per heavy atom. The van der Waals surface area contributed by atoms with Crippen molar-refractivity contribution in [2.75, 3.05) is 30.8 Å². The summed E-state index contributed by atoms with van der Waals surface area (Å²) in [5.41, 5.74) is 0.0125. The molecule has 2 aromatic heterocycles. The lowest BCUT2D eigenvalue weighted by atomic mass is 9.99. The fraction of sp³-hybridized carbons (Fsp3) is 0.720. The highest BCUT2D eigenvalue weighted by molar-refractivity contribution is 7.89. The van der Waals surface area contributed by atoms with E-state index < -0.39 is 15.6 Å². The molecule has 3 fully saturated rings. The number of hydrogen-bond donors (Lipinski definition) is 2. The maximum Gasteiger partial charge on any atom is 0.255 e. The van der Waals surface area contributed by atoms with Crippen LogP contribution in [0.15, 0.2) is 17.1 Å². The number of rotatable bonds is 7. The largest absolute Gasteiger partial charge is 0.388 e. The van der Waals surface area contributed by atoms with Crippen molar-refractivity contribution in [3.05, 3.63) is 28.2 Å². The minimum atomic E-state index is -3.30. The molecular formula is C25H37N5O5S. The van der Waals surface area contributed by atoms with Gasteiger partial charge < -0.3 is 15.2 Å². The van der Waals surface area contributed by atoms with E-state index in [9.17, 15) is 18.3 Å². The maximum atomic E-state index is 13.1. The highest BCUT2D eigenvalue weighted by atomic mass is 32.2. The monoisotopic (exact) mass is 519 g/mol. The Labute approximate surface area is 212 Å². The molecule has 2 saturated heterocycles. The summed E-state index contributed by atoms with van der Waals surface area (Å²) in [5, 5.41) is 15.0. The lowest BCUT2D eigenvalue weighted by Gasteiger charge is -2.32. The van der Waals surface area contributed by atoms with E-state index in [1.807, 2.05) is 0 Å². The third kappa shape index (κ3) is 5.16. The fourth-order valence-electron chi connectivity index (χ4n) is 5.90. The molecule has 0 amide bonds. The Morgan fingerprint density at radius 3 is 2.67 bits per heavy atom. The summed E-state index contributed by atoms with van der Waals surface area (Å²) in [5.74, 6) is 0.544. The molecular weight excluding hydrogens is 482 g/mol. The van der Waals surface area contributed by atoms with Crippen molar-refractivity contribution in [1.82, 2.24) is 18.8 Å². The Bertz CT molecular complexity index is 1260. The van der Waals surface area contributed by atoms with Gasteiger partial charge in [-0.25, -0.2) is 17.7 Å². The Balaban J connectivity index is 1.28. The number of pyridine rings is 1. The predicted octanol–water partition coefficient (Wildman–Crippen LogP) is 2.35. The van der Waals surface area contributed by atoms with Gasteiger partial charge in [-0.1, -0.05) is 0 Å². The van der Waals surface area contributed by atoms with Crippen LogP contribution in [0.4, 0.5) is 5.95 Å². The summed E-state index contributed by atoms with van der Waals surface area (Å²) in [6, 6.07) is 1.49. The minimum Gasteiger partial charge on any atom is -0.388 e. The molecule has 2 N–H and O–H groups in total. The zero-order valence-electron chi connectivity index (χ0n) is 21.1. The van der Waals surface area contributed by atoms with Gasteiger partial charge in [0.15, 0.2) is 0 Å². The van der Waals surface area contributed by atoms with Gasteiger partial charge in [0, 0.05) is 42.9 Å². The average molecular weight is 520 g/mol. The van der Waals surface area contributed by atoms with Crippen molar-refractivity contribution in [2.45, 2.75) is 89.0 Å². The number of aryl methyl sites for hydroxylation is 1. The SMILES string of the molecule is Cc1cc2cnc(NC3CCN(S(=O)(=O)CC[C@H]4CCCO4)CC3)nc2n([C@H]2CCC[C@]2(C)O)c1=O. The summed E-state index contributed by atoms with van der Waals surface area (Å²) >= 11 is 0. The van der Waals surface area contributed by atoms with Crippen molar-refractivity contribution < 1.29 is 18.3 Å². The topological polar surface area (TPSA) is 127 Å². The summed E-state index contributed by atoms with van der Waals surface area (Å²) < 4.78 is 34.4. The lowest BCUT2D eigenvalue weighted by Crippen LogP contribution is -2.43. The van der Waals surface area contributed by atoms with Gasteiger partial charge in [-0.05, 0) is 71.3 Å². The second-order valence-corrected chi connectivity index (χ2v) is 12.9. The number of anilines is 1. The highest BCUT2D eigenvalue weighted by Crippen LogP contribution is 2.39. The average Bonchev–Trinajstić information content (AvgIpc) is 3.49. The molecule has 0 bridgehead atoms. The molecule has 0 spiro atoms. The quantitative estimate of drug-likeness (QED) is 0.571. The van der Waals surface area contributed by atoms with Crippen LogP contribution in [0.3, 0.4) is 0 Å². The van der Waals surface area contributed by atoms with Gasteiger partial charge in [0.2, 0.25) is 16.0 Å². The van der Waals surface area contributed by atoms with E-state index in [1.165, 1.54) is 0 Å². The smallest absolute Gasteiger partial charge is 0.255 e. The first-order valence-electron chi connectivity index (χ1n) is 13.1. The third-order valence-corrected chi connectivity index (χ3v) is 9.95. The van der Waals surface area contributed by atoms with Crippen LogP contribution in [0.1, 0.15) is 69.9 Å². The summed E-state index contributed by atoms with van der Waals surface area (Å²) in [4.78, 5) is 22.3. The summed E-state index contributed by atoms with van der Waals surface area (Å²) in [6.45, 7) is 5.20. The van der Waals surface area contributed by atoms with Crippen LogP contribution in [0.5, 0.6) is 0 Å². The van der Waals surface area contributed by atoms with E-state index in [0.717, 1.165) is 37.7 Å². The second-order valence-electron chi connectivity index (χ2n) is 10.8. The van der Waals surface area contributed by atoms with E-state index in [0.29, 0.717) is 55.9 Å². The molecule has 4 heterocycles. The lowest BCUT2D eigenvalue weighted by molar-refractivity contribution is 0.0266. The van der Waals surface area contributed by atoms with Crippen molar-refractivity contribution in [2.24, 2.45) is 0 Å². The molecule has 0 aromatic carbocycles. The first kappa shape index (κ1) is 25.6. The molecule has 36 heavy (non-hydrogen) atoms. The van der Waals surface area contributed by atoms with Gasteiger partial charge in [-0.15, -0.1) is 0 Å². The zero-order chi connectivity index (χ0) is 25.5. The normalized spacial score (nSPS) is 28.2. The maximum absolute atomic E-state index is 13.1. The number of sulfonamides is 1. The van der Waals surface area contributed by atoms with Crippen molar-refractivity contribution in [3.63, 3.8) is 0 Å². The number of nitrogens with one attached hydrogen (secondary N) is 1. The van der Waals surface area contributed by atoms with Gasteiger partial charge in [0.05, 0.1) is 23.5 Å². The van der Waals surface area contributed by atoms with Gasteiger partial charge in [-0.2, -0.15) is 4.98 Å². The van der Waals surface area contributed by atoms with Crippen LogP contribution in [-0.4, -0.2) is 75.6 Å². The molecule has 1 aliphatic carbocycles. The number of piperidine rings is 1. The van der Waals surface area contributed by atoms with Crippen molar-refractivity contribution >= 4 is 27.0 Å². The molecule has 198 valence electrons. The Kier molecular flexibility index (Phi) is 7.10. The van der Waals surface area contributed by atoms with Crippen molar-refractivity contribution in [1.29, 1.82) is 0 Å². The molecule has 0 unspecified atom stereocenters. The molecule has 3 atom stereocenters. The predicted molar refractivity (Wildman–Crippen MR) is 138 cm³/mol. The Morgan fingerprint density at radius 1 is 1.22 bits per heavy atom. The standard InChI is InChI=1S/C25H37N5O5S/c1-17-15-18-16-26-24(28-22(18)30(23(17)31)21-6-3-10-25(21,2)32)27-19-7-11-29(12-8-19)36(33,34)14-9-20-5-4-13-35-20/h15-16,19-21,32H,3-14H2,1-2H3,(H,26,27,28)/t20-,21+,25+/m1/s1. The zero-order valence-corrected chi connectivity index (χ0v) is 22.0. The number of aromatic nitrogens is 3. The number of ether oxygens (including phenoxy) is 1. The van der Waals surface area contributed by atoms with Crippen molar-refractivity contribution in [3.8, 4) is 0 Å². The van der Waals surface area contributed by atoms with Crippen LogP contribution >= 0.6 is 0 Å². The molecule has 2 aliphatic heterocycles.